The summed E-state index contributed by atoms with van der Waals surface area (Å²) in [5.74, 6) is -0.143. The van der Waals surface area contributed by atoms with Crippen LogP contribution in [0.15, 0.2) is 48.5 Å². The lowest BCUT2D eigenvalue weighted by molar-refractivity contribution is 0.101. The summed E-state index contributed by atoms with van der Waals surface area (Å²) in [6.07, 6.45) is 0. The largest absolute Gasteiger partial charge is 0.346 e. The monoisotopic (exact) mass is 371 g/mol. The third-order valence-corrected chi connectivity index (χ3v) is 4.86. The molecule has 0 aliphatic carbocycles. The van der Waals surface area contributed by atoms with Crippen LogP contribution in [0.2, 0.25) is 0 Å². The standard InChI is InChI=1S/C20H22FN3OS/c1-15(25)17-5-7-19(8-6-17)22-20(26)24-11-9-23(10-12-24)14-16-3-2-4-18(21)13-16/h2-8,13H,9-12,14H2,1H3,(H,22,26). The average Bonchev–Trinajstić information content (AvgIpc) is 2.63. The van der Waals surface area contributed by atoms with Crippen molar-refractivity contribution in [2.45, 2.75) is 13.5 Å². The maximum atomic E-state index is 13.3. The molecule has 0 unspecified atom stereocenters. The molecule has 0 amide bonds. The zero-order valence-corrected chi connectivity index (χ0v) is 15.6. The molecule has 26 heavy (non-hydrogen) atoms. The van der Waals surface area contributed by atoms with Crippen LogP contribution < -0.4 is 5.32 Å². The number of carbonyl (C=O) groups is 1. The van der Waals surface area contributed by atoms with E-state index in [1.165, 1.54) is 6.07 Å². The van der Waals surface area contributed by atoms with Crippen molar-refractivity contribution in [3.8, 4) is 0 Å². The SMILES string of the molecule is CC(=O)c1ccc(NC(=S)N2CCN(Cc3cccc(F)c3)CC2)cc1. The fraction of sp³-hybridized carbons (Fsp3) is 0.300. The molecule has 0 atom stereocenters. The summed E-state index contributed by atoms with van der Waals surface area (Å²) in [7, 11) is 0. The van der Waals surface area contributed by atoms with E-state index in [9.17, 15) is 9.18 Å². The van der Waals surface area contributed by atoms with Gasteiger partial charge in [-0.05, 0) is 61.1 Å². The second kappa shape index (κ2) is 8.38. The first-order valence-corrected chi connectivity index (χ1v) is 9.06. The van der Waals surface area contributed by atoms with E-state index in [0.717, 1.165) is 44.0 Å². The van der Waals surface area contributed by atoms with E-state index in [4.69, 9.17) is 12.2 Å². The number of rotatable bonds is 4. The van der Waals surface area contributed by atoms with Crippen LogP contribution in [0.4, 0.5) is 10.1 Å². The van der Waals surface area contributed by atoms with Crippen LogP contribution in [0.25, 0.3) is 0 Å². The number of Topliss-reactive ketones (excluding diaryl/α,β-unsaturated/α-hetero) is 1. The number of hydrogen-bond acceptors (Lipinski definition) is 3. The highest BCUT2D eigenvalue weighted by atomic mass is 32.1. The first-order valence-electron chi connectivity index (χ1n) is 8.65. The highest BCUT2D eigenvalue weighted by Gasteiger charge is 2.19. The van der Waals surface area contributed by atoms with E-state index in [0.29, 0.717) is 10.7 Å². The zero-order valence-electron chi connectivity index (χ0n) is 14.7. The topological polar surface area (TPSA) is 35.6 Å². The maximum absolute atomic E-state index is 13.3. The van der Waals surface area contributed by atoms with Gasteiger partial charge in [0.15, 0.2) is 10.9 Å². The van der Waals surface area contributed by atoms with E-state index in [2.05, 4.69) is 15.1 Å². The number of nitrogens with one attached hydrogen (secondary N) is 1. The maximum Gasteiger partial charge on any atom is 0.173 e. The molecular weight excluding hydrogens is 349 g/mol. The Bertz CT molecular complexity index is 786. The summed E-state index contributed by atoms with van der Waals surface area (Å²) in [5, 5.41) is 3.91. The molecule has 136 valence electrons. The highest BCUT2D eigenvalue weighted by Crippen LogP contribution is 2.14. The lowest BCUT2D eigenvalue weighted by Gasteiger charge is -2.36. The molecule has 1 N–H and O–H groups in total. The van der Waals surface area contributed by atoms with Gasteiger partial charge in [-0.25, -0.2) is 4.39 Å². The van der Waals surface area contributed by atoms with Crippen LogP contribution in [-0.4, -0.2) is 46.9 Å². The van der Waals surface area contributed by atoms with Gasteiger partial charge in [0.1, 0.15) is 5.82 Å². The van der Waals surface area contributed by atoms with Crippen LogP contribution in [0.3, 0.4) is 0 Å². The molecule has 1 aliphatic heterocycles. The van der Waals surface area contributed by atoms with Crippen molar-refractivity contribution in [2.75, 3.05) is 31.5 Å². The molecule has 1 aliphatic rings. The van der Waals surface area contributed by atoms with Crippen molar-refractivity contribution >= 4 is 28.8 Å². The van der Waals surface area contributed by atoms with Crippen molar-refractivity contribution in [3.63, 3.8) is 0 Å². The second-order valence-electron chi connectivity index (χ2n) is 6.46. The minimum atomic E-state index is -0.192. The van der Waals surface area contributed by atoms with Crippen LogP contribution >= 0.6 is 12.2 Å². The third-order valence-electron chi connectivity index (χ3n) is 4.50. The van der Waals surface area contributed by atoms with Gasteiger partial charge in [-0.2, -0.15) is 0 Å². The Morgan fingerprint density at radius 3 is 2.42 bits per heavy atom. The van der Waals surface area contributed by atoms with Gasteiger partial charge in [-0.1, -0.05) is 12.1 Å². The smallest absolute Gasteiger partial charge is 0.173 e. The summed E-state index contributed by atoms with van der Waals surface area (Å²) in [6, 6.07) is 14.1. The fourth-order valence-corrected chi connectivity index (χ4v) is 3.29. The minimum absolute atomic E-state index is 0.0496. The van der Waals surface area contributed by atoms with Crippen molar-refractivity contribution in [1.29, 1.82) is 0 Å². The van der Waals surface area contributed by atoms with Crippen LogP contribution in [-0.2, 0) is 6.54 Å². The number of ketones is 1. The van der Waals surface area contributed by atoms with Crippen molar-refractivity contribution in [3.05, 3.63) is 65.5 Å². The number of piperazine rings is 1. The van der Waals surface area contributed by atoms with Gasteiger partial charge in [-0.3, -0.25) is 9.69 Å². The Labute approximate surface area is 158 Å². The van der Waals surface area contributed by atoms with E-state index >= 15 is 0 Å². The number of nitrogens with zero attached hydrogens (tertiary/aromatic N) is 2. The minimum Gasteiger partial charge on any atom is -0.346 e. The number of anilines is 1. The molecule has 1 fully saturated rings. The Balaban J connectivity index is 1.49. The van der Waals surface area contributed by atoms with Crippen LogP contribution in [0, 0.1) is 5.82 Å². The lowest BCUT2D eigenvalue weighted by atomic mass is 10.1. The fourth-order valence-electron chi connectivity index (χ4n) is 2.99. The molecule has 0 saturated carbocycles. The van der Waals surface area contributed by atoms with Crippen LogP contribution in [0.5, 0.6) is 0 Å². The van der Waals surface area contributed by atoms with Crippen molar-refractivity contribution in [2.24, 2.45) is 0 Å². The first-order chi connectivity index (χ1) is 12.5. The average molecular weight is 371 g/mol. The van der Waals surface area contributed by atoms with E-state index < -0.39 is 0 Å². The van der Waals surface area contributed by atoms with Gasteiger partial charge in [0, 0.05) is 44.0 Å². The van der Waals surface area contributed by atoms with Gasteiger partial charge in [-0.15, -0.1) is 0 Å². The molecule has 3 rings (SSSR count). The van der Waals surface area contributed by atoms with Crippen molar-refractivity contribution < 1.29 is 9.18 Å². The molecular formula is C20H22FN3OS. The quantitative estimate of drug-likeness (QED) is 0.657. The summed E-state index contributed by atoms with van der Waals surface area (Å²) in [5.41, 5.74) is 2.55. The van der Waals surface area contributed by atoms with E-state index in [1.54, 1.807) is 31.2 Å². The van der Waals surface area contributed by atoms with Gasteiger partial charge in [0.05, 0.1) is 0 Å². The zero-order chi connectivity index (χ0) is 18.5. The Morgan fingerprint density at radius 1 is 1.12 bits per heavy atom. The van der Waals surface area contributed by atoms with Gasteiger partial charge >= 0.3 is 0 Å². The molecule has 0 bridgehead atoms. The molecule has 1 heterocycles. The molecule has 2 aromatic carbocycles. The molecule has 0 aromatic heterocycles. The summed E-state index contributed by atoms with van der Waals surface area (Å²) < 4.78 is 13.3. The number of carbonyl (C=O) groups excluding carboxylic acids is 1. The molecule has 0 radical (unpaired) electrons. The molecule has 1 saturated heterocycles. The number of thiocarbonyl (C=S) groups is 1. The summed E-state index contributed by atoms with van der Waals surface area (Å²) in [6.45, 7) is 5.71. The predicted octanol–water partition coefficient (Wildman–Crippen LogP) is 3.54. The number of benzene rings is 2. The van der Waals surface area contributed by atoms with Crippen molar-refractivity contribution in [1.82, 2.24) is 9.80 Å². The number of halogens is 1. The molecule has 4 nitrogen and oxygen atoms in total. The lowest BCUT2D eigenvalue weighted by Crippen LogP contribution is -2.49. The molecule has 6 heteroatoms. The summed E-state index contributed by atoms with van der Waals surface area (Å²) >= 11 is 5.51. The molecule has 2 aromatic rings. The first kappa shape index (κ1) is 18.5. The predicted molar refractivity (Wildman–Crippen MR) is 106 cm³/mol. The number of hydrogen-bond donors (Lipinski definition) is 1. The van der Waals surface area contributed by atoms with Gasteiger partial charge < -0.3 is 10.2 Å². The Hall–Kier alpha value is -2.31. The Kier molecular flexibility index (Phi) is 5.96. The van der Waals surface area contributed by atoms with E-state index in [-0.39, 0.29) is 11.6 Å². The normalized spacial score (nSPS) is 14.9. The third kappa shape index (κ3) is 4.86. The Morgan fingerprint density at radius 2 is 1.81 bits per heavy atom. The van der Waals surface area contributed by atoms with E-state index in [1.807, 2.05) is 18.2 Å². The van der Waals surface area contributed by atoms with Crippen LogP contribution in [0.1, 0.15) is 22.8 Å². The molecule has 0 spiro atoms. The second-order valence-corrected chi connectivity index (χ2v) is 6.84. The van der Waals surface area contributed by atoms with Gasteiger partial charge in [0.2, 0.25) is 0 Å². The summed E-state index contributed by atoms with van der Waals surface area (Å²) in [4.78, 5) is 15.8. The highest BCUT2D eigenvalue weighted by molar-refractivity contribution is 7.80. The van der Waals surface area contributed by atoms with Gasteiger partial charge in [0.25, 0.3) is 0 Å².